The number of carbonyl (C=O) groups excluding carboxylic acids is 3. The second-order valence-electron chi connectivity index (χ2n) is 4.36. The summed E-state index contributed by atoms with van der Waals surface area (Å²) in [6.07, 6.45) is 0.0995. The van der Waals surface area contributed by atoms with Gasteiger partial charge in [-0.25, -0.2) is 10.2 Å². The monoisotopic (exact) mass is 340 g/mol. The quantitative estimate of drug-likeness (QED) is 0.682. The summed E-state index contributed by atoms with van der Waals surface area (Å²) in [4.78, 5) is 35.8. The molecule has 1 aromatic rings. The highest BCUT2D eigenvalue weighted by Crippen LogP contribution is 2.26. The summed E-state index contributed by atoms with van der Waals surface area (Å²) in [5, 5.41) is 0. The van der Waals surface area contributed by atoms with Crippen molar-refractivity contribution < 1.29 is 14.4 Å². The van der Waals surface area contributed by atoms with Crippen molar-refractivity contribution in [3.8, 4) is 0 Å². The summed E-state index contributed by atoms with van der Waals surface area (Å²) in [5.74, 6) is -1.08. The first-order valence-electron chi connectivity index (χ1n) is 5.88. The zero-order valence-corrected chi connectivity index (χ0v) is 12.0. The van der Waals surface area contributed by atoms with Crippen molar-refractivity contribution in [2.75, 3.05) is 11.4 Å². The molecule has 20 heavy (non-hydrogen) atoms. The number of nitrogens with two attached hydrogens (primary N) is 1. The van der Waals surface area contributed by atoms with Crippen LogP contribution < -0.4 is 21.5 Å². The number of rotatable bonds is 2. The van der Waals surface area contributed by atoms with Crippen LogP contribution in [0.1, 0.15) is 6.42 Å². The van der Waals surface area contributed by atoms with Crippen molar-refractivity contribution in [2.24, 2.45) is 11.7 Å². The highest BCUT2D eigenvalue weighted by atomic mass is 79.9. The molecule has 1 atom stereocenters. The number of carbonyl (C=O) groups is 3. The lowest BCUT2D eigenvalue weighted by Crippen LogP contribution is -2.47. The minimum Gasteiger partial charge on any atom is -0.350 e. The van der Waals surface area contributed by atoms with Gasteiger partial charge in [-0.1, -0.05) is 15.9 Å². The van der Waals surface area contributed by atoms with E-state index in [9.17, 15) is 14.4 Å². The van der Waals surface area contributed by atoms with Gasteiger partial charge >= 0.3 is 6.03 Å². The number of benzene rings is 1. The van der Waals surface area contributed by atoms with Crippen molar-refractivity contribution in [3.63, 3.8) is 0 Å². The number of primary amides is 1. The zero-order chi connectivity index (χ0) is 14.7. The van der Waals surface area contributed by atoms with Crippen LogP contribution >= 0.6 is 15.9 Å². The van der Waals surface area contributed by atoms with Gasteiger partial charge in [-0.15, -0.1) is 0 Å². The van der Waals surface area contributed by atoms with Crippen molar-refractivity contribution in [1.29, 1.82) is 0 Å². The van der Waals surface area contributed by atoms with Crippen LogP contribution in [0.25, 0.3) is 0 Å². The lowest BCUT2D eigenvalue weighted by Gasteiger charge is -2.16. The van der Waals surface area contributed by atoms with Gasteiger partial charge < -0.3 is 10.6 Å². The van der Waals surface area contributed by atoms with Gasteiger partial charge in [-0.05, 0) is 24.3 Å². The molecule has 0 saturated carbocycles. The van der Waals surface area contributed by atoms with Crippen LogP contribution in [0, 0.1) is 5.92 Å². The molecule has 7 nitrogen and oxygen atoms in total. The van der Waals surface area contributed by atoms with Crippen LogP contribution in [-0.2, 0) is 9.59 Å². The Balaban J connectivity index is 2.01. The summed E-state index contributed by atoms with van der Waals surface area (Å²) >= 11 is 3.32. The summed E-state index contributed by atoms with van der Waals surface area (Å²) in [5.41, 5.74) is 9.76. The molecule has 1 saturated heterocycles. The van der Waals surface area contributed by atoms with Gasteiger partial charge in [0.15, 0.2) is 0 Å². The fraction of sp³-hybridized carbons (Fsp3) is 0.250. The molecule has 1 aliphatic heterocycles. The van der Waals surface area contributed by atoms with E-state index in [-0.39, 0.29) is 18.9 Å². The number of nitrogens with zero attached hydrogens (tertiary/aromatic N) is 1. The fourth-order valence-electron chi connectivity index (χ4n) is 1.98. The maximum Gasteiger partial charge on any atom is 0.330 e. The number of halogens is 1. The Morgan fingerprint density at radius 1 is 1.25 bits per heavy atom. The molecule has 4 amide bonds. The number of urea groups is 1. The largest absolute Gasteiger partial charge is 0.350 e. The maximum absolute atomic E-state index is 11.9. The molecule has 0 aliphatic carbocycles. The van der Waals surface area contributed by atoms with E-state index in [0.717, 1.165) is 10.2 Å². The van der Waals surface area contributed by atoms with Crippen molar-refractivity contribution in [1.82, 2.24) is 10.9 Å². The molecule has 8 heteroatoms. The van der Waals surface area contributed by atoms with Crippen LogP contribution in [0.3, 0.4) is 0 Å². The molecule has 106 valence electrons. The van der Waals surface area contributed by atoms with E-state index in [1.165, 1.54) is 0 Å². The lowest BCUT2D eigenvalue weighted by molar-refractivity contribution is -0.126. The van der Waals surface area contributed by atoms with Crippen LogP contribution in [0.5, 0.6) is 0 Å². The molecule has 1 heterocycles. The van der Waals surface area contributed by atoms with Crippen molar-refractivity contribution in [3.05, 3.63) is 28.7 Å². The standard InChI is InChI=1S/C12H13BrN4O3/c13-8-1-3-9(4-2-8)17-6-7(5-10(17)18)11(19)15-16-12(14)20/h1-4,7H,5-6H2,(H,15,19)(H3,14,16,20). The first kappa shape index (κ1) is 14.3. The fourth-order valence-corrected chi connectivity index (χ4v) is 2.24. The SMILES string of the molecule is NC(=O)NNC(=O)C1CC(=O)N(c2ccc(Br)cc2)C1. The first-order chi connectivity index (χ1) is 9.47. The predicted octanol–water partition coefficient (Wildman–Crippen LogP) is 0.501. The third kappa shape index (κ3) is 3.27. The average molecular weight is 341 g/mol. The first-order valence-corrected chi connectivity index (χ1v) is 6.68. The molecular weight excluding hydrogens is 328 g/mol. The van der Waals surface area contributed by atoms with E-state index in [1.54, 1.807) is 17.0 Å². The Hall–Kier alpha value is -2.09. The topological polar surface area (TPSA) is 105 Å². The molecule has 1 aromatic carbocycles. The highest BCUT2D eigenvalue weighted by molar-refractivity contribution is 9.10. The van der Waals surface area contributed by atoms with Crippen LogP contribution in [0.4, 0.5) is 10.5 Å². The second kappa shape index (κ2) is 5.91. The van der Waals surface area contributed by atoms with Gasteiger partial charge in [0.25, 0.3) is 0 Å². The summed E-state index contributed by atoms with van der Waals surface area (Å²) in [7, 11) is 0. The Bertz CT molecular complexity index is 546. The van der Waals surface area contributed by atoms with Crippen LogP contribution in [-0.4, -0.2) is 24.4 Å². The summed E-state index contributed by atoms with van der Waals surface area (Å²) in [6.45, 7) is 0.271. The Labute approximate surface area is 123 Å². The van der Waals surface area contributed by atoms with Crippen LogP contribution in [0.15, 0.2) is 28.7 Å². The molecule has 0 aromatic heterocycles. The number of hydrogen-bond acceptors (Lipinski definition) is 3. The zero-order valence-electron chi connectivity index (χ0n) is 10.4. The number of hydrazine groups is 1. The Morgan fingerprint density at radius 3 is 2.50 bits per heavy atom. The van der Waals surface area contributed by atoms with E-state index in [0.29, 0.717) is 0 Å². The Morgan fingerprint density at radius 2 is 1.90 bits per heavy atom. The molecule has 2 rings (SSSR count). The van der Waals surface area contributed by atoms with Crippen molar-refractivity contribution in [2.45, 2.75) is 6.42 Å². The second-order valence-corrected chi connectivity index (χ2v) is 5.28. The molecule has 4 N–H and O–H groups in total. The molecular formula is C12H13BrN4O3. The van der Waals surface area contributed by atoms with Gasteiger partial charge in [0.2, 0.25) is 11.8 Å². The van der Waals surface area contributed by atoms with Gasteiger partial charge in [-0.2, -0.15) is 0 Å². The summed E-state index contributed by atoms with van der Waals surface area (Å²) in [6, 6.07) is 6.39. The molecule has 0 spiro atoms. The smallest absolute Gasteiger partial charge is 0.330 e. The minimum atomic E-state index is -0.854. The van der Waals surface area contributed by atoms with E-state index in [1.807, 2.05) is 17.6 Å². The van der Waals surface area contributed by atoms with Crippen LogP contribution in [0.2, 0.25) is 0 Å². The number of anilines is 1. The third-order valence-electron chi connectivity index (χ3n) is 2.94. The van der Waals surface area contributed by atoms with Gasteiger partial charge in [0.05, 0.1) is 5.92 Å². The maximum atomic E-state index is 11.9. The third-order valence-corrected chi connectivity index (χ3v) is 3.47. The number of amides is 4. The van der Waals surface area contributed by atoms with E-state index in [4.69, 9.17) is 5.73 Å². The Kier molecular flexibility index (Phi) is 4.23. The van der Waals surface area contributed by atoms with Crippen molar-refractivity contribution >= 4 is 39.5 Å². The number of nitrogens with one attached hydrogen (secondary N) is 2. The van der Waals surface area contributed by atoms with Gasteiger partial charge in [-0.3, -0.25) is 15.0 Å². The molecule has 1 unspecified atom stereocenters. The normalized spacial score (nSPS) is 17.9. The molecule has 0 bridgehead atoms. The van der Waals surface area contributed by atoms with E-state index < -0.39 is 17.9 Å². The molecule has 1 fully saturated rings. The minimum absolute atomic E-state index is 0.0995. The number of hydrogen-bond donors (Lipinski definition) is 3. The highest BCUT2D eigenvalue weighted by Gasteiger charge is 2.35. The average Bonchev–Trinajstić information content (AvgIpc) is 2.79. The predicted molar refractivity (Wildman–Crippen MR) is 75.5 cm³/mol. The van der Waals surface area contributed by atoms with E-state index in [2.05, 4.69) is 21.4 Å². The molecule has 0 radical (unpaired) electrons. The van der Waals surface area contributed by atoms with E-state index >= 15 is 0 Å². The lowest BCUT2D eigenvalue weighted by atomic mass is 10.1. The van der Waals surface area contributed by atoms with Gasteiger partial charge in [0, 0.05) is 23.1 Å². The summed E-state index contributed by atoms with van der Waals surface area (Å²) < 4.78 is 0.910. The van der Waals surface area contributed by atoms with Gasteiger partial charge in [0.1, 0.15) is 0 Å². The molecule has 1 aliphatic rings.